The average molecular weight is 492 g/mol. The van der Waals surface area contributed by atoms with E-state index in [2.05, 4.69) is 9.82 Å². The van der Waals surface area contributed by atoms with Crippen LogP contribution in [0.2, 0.25) is 0 Å². The lowest BCUT2D eigenvalue weighted by molar-refractivity contribution is 0.0980. The van der Waals surface area contributed by atoms with Gasteiger partial charge >= 0.3 is 10.2 Å². The van der Waals surface area contributed by atoms with Gasteiger partial charge in [0.05, 0.1) is 23.3 Å². The van der Waals surface area contributed by atoms with Gasteiger partial charge in [-0.1, -0.05) is 13.8 Å². The van der Waals surface area contributed by atoms with Crippen molar-refractivity contribution in [3.8, 4) is 0 Å². The molecule has 34 heavy (non-hydrogen) atoms. The molecule has 0 aliphatic carbocycles. The topological polar surface area (TPSA) is 87.0 Å². The number of fused-ring (bicyclic) bond motifs is 1. The summed E-state index contributed by atoms with van der Waals surface area (Å²) in [7, 11) is -2.61. The zero-order valence-corrected chi connectivity index (χ0v) is 20.0. The molecule has 1 atom stereocenters. The van der Waals surface area contributed by atoms with E-state index in [0.29, 0.717) is 24.2 Å². The van der Waals surface area contributed by atoms with Crippen LogP contribution in [-0.2, 0) is 10.2 Å². The van der Waals surface area contributed by atoms with Crippen LogP contribution in [0.4, 0.5) is 14.5 Å². The van der Waals surface area contributed by atoms with E-state index in [-0.39, 0.29) is 29.6 Å². The van der Waals surface area contributed by atoms with Crippen molar-refractivity contribution in [3.05, 3.63) is 65.5 Å². The van der Waals surface area contributed by atoms with Crippen LogP contribution in [0, 0.1) is 17.6 Å². The first-order valence-electron chi connectivity index (χ1n) is 11.0. The lowest BCUT2D eigenvalue weighted by atomic mass is 10.0. The van der Waals surface area contributed by atoms with Crippen LogP contribution in [0.5, 0.6) is 0 Å². The number of anilines is 1. The van der Waals surface area contributed by atoms with E-state index in [1.165, 1.54) is 23.8 Å². The summed E-state index contributed by atoms with van der Waals surface area (Å²) < 4.78 is 58.0. The molecule has 3 aromatic rings. The number of carbonyl (C=O) groups is 1. The van der Waals surface area contributed by atoms with Crippen molar-refractivity contribution in [1.82, 2.24) is 18.6 Å². The van der Waals surface area contributed by atoms with Gasteiger partial charge in [-0.2, -0.15) is 17.8 Å². The van der Waals surface area contributed by atoms with E-state index in [9.17, 15) is 22.0 Å². The third-order valence-electron chi connectivity index (χ3n) is 5.91. The second-order valence-electron chi connectivity index (χ2n) is 8.90. The SMILES string of the molecule is CC(C)CN(C)S(=O)(=O)NC(=O)c1cnn2ccc(N3CCCC3c3cc(F)ccc3F)cc12. The Morgan fingerprint density at radius 2 is 2.03 bits per heavy atom. The summed E-state index contributed by atoms with van der Waals surface area (Å²) in [6, 6.07) is 6.57. The molecule has 4 rings (SSSR count). The molecule has 182 valence electrons. The fourth-order valence-corrected chi connectivity index (χ4v) is 5.35. The van der Waals surface area contributed by atoms with Crippen LogP contribution < -0.4 is 9.62 Å². The Morgan fingerprint density at radius 3 is 2.76 bits per heavy atom. The normalized spacial score (nSPS) is 16.7. The molecule has 11 heteroatoms. The number of hydrogen-bond donors (Lipinski definition) is 1. The highest BCUT2D eigenvalue weighted by molar-refractivity contribution is 7.87. The second-order valence-corrected chi connectivity index (χ2v) is 10.7. The number of carbonyl (C=O) groups excluding carboxylic acids is 1. The van der Waals surface area contributed by atoms with E-state index in [4.69, 9.17) is 0 Å². The zero-order chi connectivity index (χ0) is 24.6. The minimum Gasteiger partial charge on any atom is -0.364 e. The number of rotatable bonds is 7. The first kappa shape index (κ1) is 24.1. The summed E-state index contributed by atoms with van der Waals surface area (Å²) in [5, 5.41) is 4.15. The highest BCUT2D eigenvalue weighted by Gasteiger charge is 2.30. The van der Waals surface area contributed by atoms with Gasteiger partial charge in [0.1, 0.15) is 11.6 Å². The predicted molar refractivity (Wildman–Crippen MR) is 125 cm³/mol. The Kier molecular flexibility index (Phi) is 6.59. The van der Waals surface area contributed by atoms with Gasteiger partial charge in [0.25, 0.3) is 5.91 Å². The summed E-state index contributed by atoms with van der Waals surface area (Å²) in [4.78, 5) is 14.8. The summed E-state index contributed by atoms with van der Waals surface area (Å²) in [5.74, 6) is -1.68. The zero-order valence-electron chi connectivity index (χ0n) is 19.2. The third-order valence-corrected chi connectivity index (χ3v) is 7.32. The Bertz CT molecular complexity index is 1330. The van der Waals surface area contributed by atoms with Crippen LogP contribution in [-0.4, -0.2) is 48.4 Å². The van der Waals surface area contributed by atoms with Crippen molar-refractivity contribution in [1.29, 1.82) is 0 Å². The first-order chi connectivity index (χ1) is 16.1. The minimum atomic E-state index is -4.02. The lowest BCUT2D eigenvalue weighted by Crippen LogP contribution is -2.42. The highest BCUT2D eigenvalue weighted by atomic mass is 32.2. The molecule has 1 aliphatic heterocycles. The number of aromatic nitrogens is 2. The number of benzene rings is 1. The smallest absolute Gasteiger partial charge is 0.303 e. The molecule has 2 aromatic heterocycles. The monoisotopic (exact) mass is 491 g/mol. The van der Waals surface area contributed by atoms with E-state index in [1.807, 2.05) is 18.7 Å². The first-order valence-corrected chi connectivity index (χ1v) is 12.5. The van der Waals surface area contributed by atoms with Crippen molar-refractivity contribution in [2.24, 2.45) is 5.92 Å². The Labute approximate surface area is 197 Å². The molecule has 1 fully saturated rings. The van der Waals surface area contributed by atoms with Crippen LogP contribution in [0.25, 0.3) is 5.52 Å². The Hall–Kier alpha value is -3.05. The maximum Gasteiger partial charge on any atom is 0.303 e. The lowest BCUT2D eigenvalue weighted by Gasteiger charge is -2.27. The van der Waals surface area contributed by atoms with Crippen LogP contribution >= 0.6 is 0 Å². The van der Waals surface area contributed by atoms with Gasteiger partial charge in [-0.3, -0.25) is 4.79 Å². The largest absolute Gasteiger partial charge is 0.364 e. The quantitative estimate of drug-likeness (QED) is 0.547. The Morgan fingerprint density at radius 1 is 1.26 bits per heavy atom. The van der Waals surface area contributed by atoms with Crippen molar-refractivity contribution >= 4 is 27.3 Å². The van der Waals surface area contributed by atoms with E-state index in [1.54, 1.807) is 18.3 Å². The molecule has 1 aromatic carbocycles. The molecule has 1 saturated heterocycles. The van der Waals surface area contributed by atoms with Gasteiger partial charge in [0.2, 0.25) is 0 Å². The number of pyridine rings is 1. The molecule has 0 bridgehead atoms. The molecule has 0 saturated carbocycles. The Balaban J connectivity index is 1.64. The number of nitrogens with zero attached hydrogens (tertiary/aromatic N) is 4. The molecule has 8 nitrogen and oxygen atoms in total. The average Bonchev–Trinajstić information content (AvgIpc) is 3.41. The molecule has 0 radical (unpaired) electrons. The fraction of sp³-hybridized carbons (Fsp3) is 0.391. The van der Waals surface area contributed by atoms with Crippen molar-refractivity contribution in [3.63, 3.8) is 0 Å². The minimum absolute atomic E-state index is 0.0903. The van der Waals surface area contributed by atoms with Gasteiger partial charge in [-0.15, -0.1) is 0 Å². The van der Waals surface area contributed by atoms with Crippen LogP contribution in [0.1, 0.15) is 48.7 Å². The fourth-order valence-electron chi connectivity index (χ4n) is 4.35. The number of amides is 1. The summed E-state index contributed by atoms with van der Waals surface area (Å²) in [5.41, 5.74) is 1.48. The molecular formula is C23H27F2N5O3S. The molecule has 1 N–H and O–H groups in total. The van der Waals surface area contributed by atoms with Crippen molar-refractivity contribution in [2.45, 2.75) is 32.7 Å². The van der Waals surface area contributed by atoms with Gasteiger partial charge in [-0.25, -0.2) is 18.0 Å². The molecule has 1 aliphatic rings. The number of hydrogen-bond acceptors (Lipinski definition) is 5. The van der Waals surface area contributed by atoms with Gasteiger partial charge in [-0.05, 0) is 49.1 Å². The van der Waals surface area contributed by atoms with Gasteiger partial charge < -0.3 is 4.90 Å². The molecular weight excluding hydrogens is 464 g/mol. The summed E-state index contributed by atoms with van der Waals surface area (Å²) in [6.45, 7) is 4.64. The molecule has 1 amide bonds. The number of nitrogens with one attached hydrogen (secondary N) is 1. The summed E-state index contributed by atoms with van der Waals surface area (Å²) in [6.07, 6.45) is 4.40. The number of halogens is 2. The second kappa shape index (κ2) is 9.30. The molecule has 3 heterocycles. The molecule has 0 spiro atoms. The van der Waals surface area contributed by atoms with Crippen LogP contribution in [0.3, 0.4) is 0 Å². The maximum absolute atomic E-state index is 14.5. The van der Waals surface area contributed by atoms with E-state index in [0.717, 1.165) is 22.9 Å². The van der Waals surface area contributed by atoms with Crippen molar-refractivity contribution in [2.75, 3.05) is 25.0 Å². The van der Waals surface area contributed by atoms with Gasteiger partial charge in [0.15, 0.2) is 0 Å². The van der Waals surface area contributed by atoms with E-state index >= 15 is 0 Å². The third kappa shape index (κ3) is 4.76. The summed E-state index contributed by atoms with van der Waals surface area (Å²) >= 11 is 0. The predicted octanol–water partition coefficient (Wildman–Crippen LogP) is 3.52. The molecule has 1 unspecified atom stereocenters. The highest BCUT2D eigenvalue weighted by Crippen LogP contribution is 2.38. The maximum atomic E-state index is 14.5. The van der Waals surface area contributed by atoms with Gasteiger partial charge in [0, 0.05) is 37.6 Å². The van der Waals surface area contributed by atoms with E-state index < -0.39 is 27.8 Å². The standard InChI is InChI=1S/C23H27F2N5O3S/c1-15(2)14-28(3)34(32,33)27-23(31)19-13-26-30-10-8-17(12-22(19)30)29-9-4-5-21(29)18-11-16(24)6-7-20(18)25/h6-8,10-13,15,21H,4-5,9,14H2,1-3H3,(H,27,31). The van der Waals surface area contributed by atoms with Crippen LogP contribution in [0.15, 0.2) is 42.7 Å². The van der Waals surface area contributed by atoms with Crippen molar-refractivity contribution < 1.29 is 22.0 Å².